The van der Waals surface area contributed by atoms with Gasteiger partial charge in [-0.05, 0) is 30.5 Å². The van der Waals surface area contributed by atoms with Crippen molar-refractivity contribution in [3.63, 3.8) is 0 Å². The molecule has 1 fully saturated rings. The zero-order valence-corrected chi connectivity index (χ0v) is 18.1. The Morgan fingerprint density at radius 3 is 2.07 bits per heavy atom. The van der Waals surface area contributed by atoms with Gasteiger partial charge in [0.05, 0.1) is 25.4 Å². The lowest BCUT2D eigenvalue weighted by molar-refractivity contribution is -0.260. The molecule has 3 atom stereocenters. The number of amidine groups is 1. The van der Waals surface area contributed by atoms with Crippen LogP contribution in [0.3, 0.4) is 0 Å². The van der Waals surface area contributed by atoms with Gasteiger partial charge in [-0.2, -0.15) is 10.5 Å². The van der Waals surface area contributed by atoms with Gasteiger partial charge in [0, 0.05) is 16.0 Å². The number of fused-ring (bicyclic) bond motifs is 1. The predicted octanol–water partition coefficient (Wildman–Crippen LogP) is 4.77. The van der Waals surface area contributed by atoms with Crippen molar-refractivity contribution < 1.29 is 9.47 Å². The highest BCUT2D eigenvalue weighted by molar-refractivity contribution is 6.36. The zero-order chi connectivity index (χ0) is 21.3. The van der Waals surface area contributed by atoms with Crippen molar-refractivity contribution >= 4 is 29.0 Å². The minimum Gasteiger partial charge on any atom is -0.386 e. The van der Waals surface area contributed by atoms with Crippen LogP contribution in [0.2, 0.25) is 10.0 Å². The van der Waals surface area contributed by atoms with E-state index in [1.807, 2.05) is 13.8 Å². The number of unbranched alkanes of at least 4 members (excludes halogenated alkanes) is 2. The highest BCUT2D eigenvalue weighted by Gasteiger charge is 2.94. The molecule has 0 amide bonds. The van der Waals surface area contributed by atoms with Crippen molar-refractivity contribution in [1.82, 2.24) is 0 Å². The van der Waals surface area contributed by atoms with Gasteiger partial charge in [-0.1, -0.05) is 56.0 Å². The van der Waals surface area contributed by atoms with Crippen LogP contribution < -0.4 is 5.73 Å². The number of aliphatic imine (C=N–C) groups is 1. The lowest BCUT2D eigenvalue weighted by Crippen LogP contribution is -2.44. The molecule has 6 nitrogen and oxygen atoms in total. The summed E-state index contributed by atoms with van der Waals surface area (Å²) in [6.45, 7) is 4.72. The molecular weight excluding hydrogens is 411 g/mol. The first-order valence-electron chi connectivity index (χ1n) is 9.82. The van der Waals surface area contributed by atoms with Crippen LogP contribution in [0, 0.1) is 33.5 Å². The third-order valence-corrected chi connectivity index (χ3v) is 6.47. The van der Waals surface area contributed by atoms with Crippen molar-refractivity contribution in [3.05, 3.63) is 33.8 Å². The fourth-order valence-electron chi connectivity index (χ4n) is 4.29. The van der Waals surface area contributed by atoms with Crippen molar-refractivity contribution in [1.29, 1.82) is 10.5 Å². The molecule has 1 aromatic carbocycles. The van der Waals surface area contributed by atoms with Crippen LogP contribution in [0.15, 0.2) is 23.2 Å². The first kappa shape index (κ1) is 21.9. The maximum atomic E-state index is 10.4. The van der Waals surface area contributed by atoms with Gasteiger partial charge >= 0.3 is 0 Å². The third kappa shape index (κ3) is 2.86. The third-order valence-electron chi connectivity index (χ3n) is 5.81. The van der Waals surface area contributed by atoms with Crippen LogP contribution in [0.4, 0.5) is 0 Å². The number of halogens is 2. The molecule has 0 radical (unpaired) electrons. The number of benzene rings is 1. The van der Waals surface area contributed by atoms with E-state index in [1.54, 1.807) is 18.2 Å². The largest absolute Gasteiger partial charge is 0.386 e. The normalized spacial score (nSPS) is 28.9. The van der Waals surface area contributed by atoms with Crippen LogP contribution in [-0.4, -0.2) is 25.0 Å². The zero-order valence-electron chi connectivity index (χ0n) is 16.5. The fraction of sp³-hybridized carbons (Fsp3) is 0.571. The van der Waals surface area contributed by atoms with Gasteiger partial charge in [0.25, 0.3) is 5.91 Å². The Bertz CT molecular complexity index is 877. The minimum absolute atomic E-state index is 0.0236. The number of nitrogens with two attached hydrogens (primary N) is 1. The summed E-state index contributed by atoms with van der Waals surface area (Å²) in [5.41, 5.74) is 3.90. The lowest BCUT2D eigenvalue weighted by Gasteiger charge is -2.33. The molecule has 2 N–H and O–H groups in total. The molecule has 1 aromatic rings. The summed E-state index contributed by atoms with van der Waals surface area (Å²) in [4.78, 5) is 4.43. The average Bonchev–Trinajstić information content (AvgIpc) is 3.25. The van der Waals surface area contributed by atoms with E-state index < -0.39 is 22.7 Å². The number of hydrogen-bond acceptors (Lipinski definition) is 6. The van der Waals surface area contributed by atoms with Crippen molar-refractivity contribution in [2.45, 2.75) is 51.4 Å². The van der Waals surface area contributed by atoms with E-state index in [0.29, 0.717) is 28.8 Å². The maximum Gasteiger partial charge on any atom is 0.293 e. The highest BCUT2D eigenvalue weighted by Crippen LogP contribution is 2.82. The quantitative estimate of drug-likeness (QED) is 0.445. The van der Waals surface area contributed by atoms with E-state index in [-0.39, 0.29) is 5.84 Å². The van der Waals surface area contributed by atoms with Gasteiger partial charge in [0.15, 0.2) is 5.41 Å². The Morgan fingerprint density at radius 2 is 1.62 bits per heavy atom. The molecule has 154 valence electrons. The fourth-order valence-corrected chi connectivity index (χ4v) is 4.90. The molecule has 8 heteroatoms. The molecule has 1 heterocycles. The number of nitriles is 2. The van der Waals surface area contributed by atoms with Crippen LogP contribution in [0.5, 0.6) is 0 Å². The lowest BCUT2D eigenvalue weighted by atomic mass is 9.93. The van der Waals surface area contributed by atoms with Crippen molar-refractivity contribution in [2.24, 2.45) is 21.6 Å². The number of ether oxygens (including phenoxy) is 2. The summed E-state index contributed by atoms with van der Waals surface area (Å²) >= 11 is 12.9. The van der Waals surface area contributed by atoms with Crippen LogP contribution in [0.25, 0.3) is 0 Å². The van der Waals surface area contributed by atoms with Gasteiger partial charge < -0.3 is 15.2 Å². The van der Waals surface area contributed by atoms with Gasteiger partial charge in [-0.25, -0.2) is 4.99 Å². The van der Waals surface area contributed by atoms with Gasteiger partial charge in [0.2, 0.25) is 0 Å². The van der Waals surface area contributed by atoms with E-state index >= 15 is 0 Å². The predicted molar refractivity (Wildman–Crippen MR) is 111 cm³/mol. The Labute approximate surface area is 181 Å². The van der Waals surface area contributed by atoms with Crippen molar-refractivity contribution in [3.8, 4) is 12.1 Å². The van der Waals surface area contributed by atoms with Crippen LogP contribution >= 0.6 is 23.2 Å². The molecule has 3 rings (SSSR count). The summed E-state index contributed by atoms with van der Waals surface area (Å²) in [5, 5.41) is 21.3. The van der Waals surface area contributed by atoms with Crippen molar-refractivity contribution in [2.75, 3.05) is 13.2 Å². The second-order valence-electron chi connectivity index (χ2n) is 7.39. The summed E-state index contributed by atoms with van der Waals surface area (Å²) in [6, 6.07) is 9.61. The molecule has 0 bridgehead atoms. The van der Waals surface area contributed by atoms with E-state index in [9.17, 15) is 10.5 Å². The summed E-state index contributed by atoms with van der Waals surface area (Å²) in [7, 11) is 0. The Kier molecular flexibility index (Phi) is 6.13. The molecule has 1 aliphatic carbocycles. The summed E-state index contributed by atoms with van der Waals surface area (Å²) in [6.07, 6.45) is 3.31. The molecule has 0 saturated heterocycles. The van der Waals surface area contributed by atoms with E-state index in [4.69, 9.17) is 38.4 Å². The number of rotatable bonds is 9. The summed E-state index contributed by atoms with van der Waals surface area (Å²) in [5.74, 6) is -2.35. The van der Waals surface area contributed by atoms with E-state index in [0.717, 1.165) is 25.7 Å². The van der Waals surface area contributed by atoms with Gasteiger partial charge in [-0.15, -0.1) is 0 Å². The molecule has 3 unspecified atom stereocenters. The van der Waals surface area contributed by atoms with Crippen LogP contribution in [0.1, 0.15) is 51.0 Å². The second kappa shape index (κ2) is 8.13. The molecule has 1 aliphatic heterocycles. The standard InChI is InChI=1S/C21H24Cl2N4O2/c1-3-5-10-28-21(29-11-6-4-2)20(13-25)17(19(20,12-24)18(26)27-21)16-14(22)8-7-9-15(16)23/h7-9,17H,3-6,10-11H2,1-2H3,(H2,26,27). The van der Waals surface area contributed by atoms with Gasteiger partial charge in [-0.3, -0.25) is 0 Å². The Morgan fingerprint density at radius 1 is 1.07 bits per heavy atom. The topological polar surface area (TPSA) is 104 Å². The molecule has 1 saturated carbocycles. The first-order chi connectivity index (χ1) is 13.9. The number of nitrogens with zero attached hydrogens (tertiary/aromatic N) is 3. The SMILES string of the molecule is CCCCOC1(OCCCC)N=C(N)C2(C#N)C(c3c(Cl)cccc3Cl)C12C#N. The van der Waals surface area contributed by atoms with E-state index in [1.165, 1.54) is 0 Å². The minimum atomic E-state index is -1.67. The number of hydrogen-bond donors (Lipinski definition) is 1. The maximum absolute atomic E-state index is 10.4. The first-order valence-corrected chi connectivity index (χ1v) is 10.6. The Balaban J connectivity index is 2.16. The smallest absolute Gasteiger partial charge is 0.293 e. The molecule has 0 aromatic heterocycles. The second-order valence-corrected chi connectivity index (χ2v) is 8.21. The van der Waals surface area contributed by atoms with Gasteiger partial charge in [0.1, 0.15) is 11.3 Å². The highest BCUT2D eigenvalue weighted by atomic mass is 35.5. The van der Waals surface area contributed by atoms with E-state index in [2.05, 4.69) is 17.1 Å². The molecular formula is C21H24Cl2N4O2. The molecule has 2 aliphatic rings. The molecule has 29 heavy (non-hydrogen) atoms. The Hall–Kier alpha value is -1.83. The van der Waals surface area contributed by atoms with Crippen LogP contribution in [-0.2, 0) is 9.47 Å². The average molecular weight is 435 g/mol. The monoisotopic (exact) mass is 434 g/mol. The summed E-state index contributed by atoms with van der Waals surface area (Å²) < 4.78 is 12.2. The molecule has 0 spiro atoms.